The molecule has 0 saturated carbocycles. The molecule has 0 spiro atoms. The number of halogens is 1. The first-order valence-corrected chi connectivity index (χ1v) is 11.2. The van der Waals surface area contributed by atoms with E-state index in [0.717, 1.165) is 6.07 Å². The van der Waals surface area contributed by atoms with E-state index in [0.29, 0.717) is 13.2 Å². The van der Waals surface area contributed by atoms with Gasteiger partial charge < -0.3 is 14.8 Å². The highest BCUT2D eigenvalue weighted by atomic mass is 35.5. The average Bonchev–Trinajstić information content (AvgIpc) is 2.75. The van der Waals surface area contributed by atoms with Gasteiger partial charge in [0.15, 0.2) is 0 Å². The summed E-state index contributed by atoms with van der Waals surface area (Å²) in [6, 6.07) is 7.79. The number of sulfonamides is 1. The van der Waals surface area contributed by atoms with Crippen LogP contribution in [0.3, 0.4) is 0 Å². The molecule has 1 N–H and O–H groups in total. The molecule has 2 aromatic rings. The third kappa shape index (κ3) is 5.13. The van der Waals surface area contributed by atoms with Crippen LogP contribution in [0.5, 0.6) is 5.75 Å². The Kier molecular flexibility index (Phi) is 7.11. The van der Waals surface area contributed by atoms with Crippen LogP contribution >= 0.6 is 11.6 Å². The van der Waals surface area contributed by atoms with Gasteiger partial charge in [0.05, 0.1) is 35.3 Å². The van der Waals surface area contributed by atoms with Crippen LogP contribution in [0.4, 0.5) is 11.4 Å². The molecular weight excluding hydrogens is 450 g/mol. The molecule has 0 radical (unpaired) electrons. The van der Waals surface area contributed by atoms with Gasteiger partial charge in [-0.1, -0.05) is 11.6 Å². The summed E-state index contributed by atoms with van der Waals surface area (Å²) in [7, 11) is -3.80. The highest BCUT2D eigenvalue weighted by molar-refractivity contribution is 7.89. The number of nitro groups is 1. The summed E-state index contributed by atoms with van der Waals surface area (Å²) in [4.78, 5) is 23.1. The maximum absolute atomic E-state index is 12.9. The summed E-state index contributed by atoms with van der Waals surface area (Å²) < 4.78 is 37.9. The first-order valence-electron chi connectivity index (χ1n) is 9.34. The Balaban J connectivity index is 1.94. The van der Waals surface area contributed by atoms with Crippen LogP contribution in [0.15, 0.2) is 41.3 Å². The first-order chi connectivity index (χ1) is 14.7. The standard InChI is InChI=1S/C19H20ClN3O7S/c1-2-30-18-6-4-14(31(27,28)22-7-9-29-10-8-22)12-16(18)21-19(24)13-3-5-15(20)17(11-13)23(25)26/h3-6,11-12H,2,7-10H2,1H3,(H,21,24). The number of ether oxygens (including phenoxy) is 2. The van der Waals surface area contributed by atoms with Crippen molar-refractivity contribution >= 4 is 38.9 Å². The van der Waals surface area contributed by atoms with Crippen LogP contribution in [0.25, 0.3) is 0 Å². The highest BCUT2D eigenvalue weighted by Crippen LogP contribution is 2.31. The van der Waals surface area contributed by atoms with Gasteiger partial charge in [-0.15, -0.1) is 0 Å². The second-order valence-electron chi connectivity index (χ2n) is 6.48. The summed E-state index contributed by atoms with van der Waals surface area (Å²) in [5.41, 5.74) is -0.304. The van der Waals surface area contributed by atoms with E-state index in [1.165, 1.54) is 34.6 Å². The second-order valence-corrected chi connectivity index (χ2v) is 8.83. The Hall–Kier alpha value is -2.73. The van der Waals surface area contributed by atoms with Crippen LogP contribution in [0.2, 0.25) is 5.02 Å². The number of nitrogens with zero attached hydrogens (tertiary/aromatic N) is 2. The lowest BCUT2D eigenvalue weighted by molar-refractivity contribution is -0.384. The van der Waals surface area contributed by atoms with E-state index in [2.05, 4.69) is 5.32 Å². The summed E-state index contributed by atoms with van der Waals surface area (Å²) >= 11 is 5.79. The molecule has 2 aromatic carbocycles. The minimum atomic E-state index is -3.80. The first kappa shape index (κ1) is 22.9. The topological polar surface area (TPSA) is 128 Å². The fraction of sp³-hybridized carbons (Fsp3) is 0.316. The van der Waals surface area contributed by atoms with Gasteiger partial charge in [0, 0.05) is 24.7 Å². The summed E-state index contributed by atoms with van der Waals surface area (Å²) in [6.07, 6.45) is 0. The number of amides is 1. The van der Waals surface area contributed by atoms with Crippen LogP contribution in [-0.2, 0) is 14.8 Å². The molecule has 1 aliphatic rings. The maximum atomic E-state index is 12.9. The molecule has 1 aliphatic heterocycles. The van der Waals surface area contributed by atoms with Crippen molar-refractivity contribution in [1.29, 1.82) is 0 Å². The lowest BCUT2D eigenvalue weighted by Gasteiger charge is -2.26. The van der Waals surface area contributed by atoms with Gasteiger partial charge in [-0.2, -0.15) is 4.31 Å². The molecule has 1 heterocycles. The summed E-state index contributed by atoms with van der Waals surface area (Å²) in [5.74, 6) is -0.415. The van der Waals surface area contributed by atoms with Gasteiger partial charge in [-0.25, -0.2) is 8.42 Å². The van der Waals surface area contributed by atoms with Crippen molar-refractivity contribution in [2.45, 2.75) is 11.8 Å². The number of carbonyl (C=O) groups excluding carboxylic acids is 1. The smallest absolute Gasteiger partial charge is 0.288 e. The number of morpholine rings is 1. The number of hydrogen-bond acceptors (Lipinski definition) is 7. The lowest BCUT2D eigenvalue weighted by atomic mass is 10.2. The molecule has 1 fully saturated rings. The lowest BCUT2D eigenvalue weighted by Crippen LogP contribution is -2.40. The highest BCUT2D eigenvalue weighted by Gasteiger charge is 2.27. The van der Waals surface area contributed by atoms with E-state index in [4.69, 9.17) is 21.1 Å². The van der Waals surface area contributed by atoms with Crippen molar-refractivity contribution in [1.82, 2.24) is 4.31 Å². The Labute approximate surface area is 183 Å². The number of carbonyl (C=O) groups is 1. The van der Waals surface area contributed by atoms with Crippen molar-refractivity contribution < 1.29 is 27.6 Å². The van der Waals surface area contributed by atoms with E-state index >= 15 is 0 Å². The number of anilines is 1. The molecule has 0 unspecified atom stereocenters. The Bertz CT molecular complexity index is 1100. The van der Waals surface area contributed by atoms with Crippen LogP contribution in [0, 0.1) is 10.1 Å². The van der Waals surface area contributed by atoms with E-state index < -0.39 is 26.5 Å². The van der Waals surface area contributed by atoms with Crippen molar-refractivity contribution in [3.63, 3.8) is 0 Å². The van der Waals surface area contributed by atoms with E-state index in [-0.39, 0.29) is 46.6 Å². The molecule has 1 saturated heterocycles. The summed E-state index contributed by atoms with van der Waals surface area (Å²) in [5, 5.41) is 13.6. The molecule has 3 rings (SSSR count). The van der Waals surface area contributed by atoms with E-state index in [9.17, 15) is 23.3 Å². The van der Waals surface area contributed by atoms with Crippen molar-refractivity contribution in [2.24, 2.45) is 0 Å². The number of nitro benzene ring substituents is 1. The molecule has 0 bridgehead atoms. The zero-order valence-corrected chi connectivity index (χ0v) is 18.1. The summed E-state index contributed by atoms with van der Waals surface area (Å²) in [6.45, 7) is 3.08. The quantitative estimate of drug-likeness (QED) is 0.487. The van der Waals surface area contributed by atoms with Crippen LogP contribution in [0.1, 0.15) is 17.3 Å². The van der Waals surface area contributed by atoms with Gasteiger partial charge >= 0.3 is 0 Å². The number of hydrogen-bond donors (Lipinski definition) is 1. The maximum Gasteiger partial charge on any atom is 0.288 e. The van der Waals surface area contributed by atoms with Gasteiger partial charge in [0.1, 0.15) is 10.8 Å². The molecule has 166 valence electrons. The van der Waals surface area contributed by atoms with Crippen molar-refractivity contribution in [3.8, 4) is 5.75 Å². The molecule has 31 heavy (non-hydrogen) atoms. The monoisotopic (exact) mass is 469 g/mol. The normalized spacial score (nSPS) is 14.8. The van der Waals surface area contributed by atoms with E-state index in [1.807, 2.05) is 0 Å². The SMILES string of the molecule is CCOc1ccc(S(=O)(=O)N2CCOCC2)cc1NC(=O)c1ccc(Cl)c([N+](=O)[O-])c1. The molecule has 0 atom stereocenters. The largest absolute Gasteiger partial charge is 0.492 e. The fourth-order valence-corrected chi connectivity index (χ4v) is 4.59. The zero-order valence-electron chi connectivity index (χ0n) is 16.5. The molecular formula is C19H20ClN3O7S. The van der Waals surface area contributed by atoms with E-state index in [1.54, 1.807) is 6.92 Å². The minimum Gasteiger partial charge on any atom is -0.492 e. The Morgan fingerprint density at radius 1 is 1.26 bits per heavy atom. The van der Waals surface area contributed by atoms with Crippen LogP contribution < -0.4 is 10.1 Å². The fourth-order valence-electron chi connectivity index (χ4n) is 2.97. The third-order valence-corrected chi connectivity index (χ3v) is 6.73. The zero-order chi connectivity index (χ0) is 22.6. The Morgan fingerprint density at radius 2 is 1.97 bits per heavy atom. The number of benzene rings is 2. The van der Waals surface area contributed by atoms with Gasteiger partial charge in [0.25, 0.3) is 11.6 Å². The molecule has 12 heteroatoms. The second kappa shape index (κ2) is 9.60. The van der Waals surface area contributed by atoms with Crippen LogP contribution in [-0.4, -0.2) is 56.5 Å². The number of nitrogens with one attached hydrogen (secondary N) is 1. The number of rotatable bonds is 7. The molecule has 1 amide bonds. The van der Waals surface area contributed by atoms with Gasteiger partial charge in [-0.3, -0.25) is 14.9 Å². The minimum absolute atomic E-state index is 0.0139. The van der Waals surface area contributed by atoms with Gasteiger partial charge in [0.2, 0.25) is 10.0 Å². The third-order valence-electron chi connectivity index (χ3n) is 4.51. The molecule has 0 aliphatic carbocycles. The average molecular weight is 470 g/mol. The molecule has 0 aromatic heterocycles. The molecule has 10 nitrogen and oxygen atoms in total. The van der Waals surface area contributed by atoms with Crippen molar-refractivity contribution in [2.75, 3.05) is 38.2 Å². The predicted molar refractivity (Wildman–Crippen MR) is 113 cm³/mol. The Morgan fingerprint density at radius 3 is 2.61 bits per heavy atom. The predicted octanol–water partition coefficient (Wildman–Crippen LogP) is 2.92. The van der Waals surface area contributed by atoms with Gasteiger partial charge in [-0.05, 0) is 37.3 Å². The van der Waals surface area contributed by atoms with Crippen molar-refractivity contribution in [3.05, 3.63) is 57.1 Å².